The van der Waals surface area contributed by atoms with Gasteiger partial charge in [-0.1, -0.05) is 76.3 Å². The number of rotatable bonds is 8. The van der Waals surface area contributed by atoms with Crippen LogP contribution in [0.1, 0.15) is 70.8 Å². The number of carbonyl (C=O) groups is 1. The number of benzene rings is 1. The fourth-order valence-corrected chi connectivity index (χ4v) is 3.73. The molecule has 1 fully saturated rings. The average Bonchev–Trinajstić information content (AvgIpc) is 3.06. The Kier molecular flexibility index (Phi) is 6.48. The first kappa shape index (κ1) is 17.1. The minimum Gasteiger partial charge on any atom is -0.355 e. The van der Waals surface area contributed by atoms with Crippen LogP contribution in [-0.2, 0) is 10.2 Å². The largest absolute Gasteiger partial charge is 0.355 e. The van der Waals surface area contributed by atoms with Gasteiger partial charge in [-0.15, -0.1) is 0 Å². The van der Waals surface area contributed by atoms with E-state index in [-0.39, 0.29) is 11.3 Å². The predicted octanol–water partition coefficient (Wildman–Crippen LogP) is 4.83. The van der Waals surface area contributed by atoms with E-state index in [4.69, 9.17) is 0 Å². The molecule has 0 spiro atoms. The minimum absolute atomic E-state index is 0.256. The first-order valence-electron chi connectivity index (χ1n) is 9.06. The maximum absolute atomic E-state index is 13.0. The van der Waals surface area contributed by atoms with Gasteiger partial charge in [0, 0.05) is 6.54 Å². The molecule has 1 saturated carbocycles. The molecule has 1 atom stereocenters. The van der Waals surface area contributed by atoms with Crippen molar-refractivity contribution in [2.24, 2.45) is 5.92 Å². The van der Waals surface area contributed by atoms with Crippen LogP contribution in [0.3, 0.4) is 0 Å². The van der Waals surface area contributed by atoms with E-state index in [1.807, 2.05) is 6.07 Å². The highest BCUT2D eigenvalue weighted by Gasteiger charge is 2.42. The van der Waals surface area contributed by atoms with Crippen LogP contribution in [0.4, 0.5) is 0 Å². The number of hydrogen-bond donors (Lipinski definition) is 1. The quantitative estimate of drug-likeness (QED) is 0.732. The van der Waals surface area contributed by atoms with Crippen LogP contribution in [0.15, 0.2) is 30.3 Å². The Morgan fingerprint density at radius 1 is 1.18 bits per heavy atom. The van der Waals surface area contributed by atoms with Gasteiger partial charge in [0.15, 0.2) is 0 Å². The molecule has 0 bridgehead atoms. The van der Waals surface area contributed by atoms with Gasteiger partial charge in [-0.05, 0) is 30.7 Å². The standard InChI is InChI=1S/C20H31NO/c1-3-5-11-17(4-2)16-21-19(22)20(14-9-10-15-20)18-12-7-6-8-13-18/h6-8,12-13,17H,3-5,9-11,14-16H2,1-2H3,(H,21,22)/t17-/m0/s1. The van der Waals surface area contributed by atoms with E-state index < -0.39 is 0 Å². The third-order valence-corrected chi connectivity index (χ3v) is 5.31. The highest BCUT2D eigenvalue weighted by Crippen LogP contribution is 2.41. The van der Waals surface area contributed by atoms with Crippen LogP contribution in [0.2, 0.25) is 0 Å². The third-order valence-electron chi connectivity index (χ3n) is 5.31. The summed E-state index contributed by atoms with van der Waals surface area (Å²) in [7, 11) is 0. The van der Waals surface area contributed by atoms with E-state index in [2.05, 4.69) is 43.4 Å². The van der Waals surface area contributed by atoms with Crippen molar-refractivity contribution >= 4 is 5.91 Å². The van der Waals surface area contributed by atoms with E-state index in [9.17, 15) is 4.79 Å². The molecule has 22 heavy (non-hydrogen) atoms. The number of carbonyl (C=O) groups excluding carboxylic acids is 1. The van der Waals surface area contributed by atoms with Crippen LogP contribution in [-0.4, -0.2) is 12.5 Å². The topological polar surface area (TPSA) is 29.1 Å². The molecule has 0 aliphatic heterocycles. The zero-order valence-corrected chi connectivity index (χ0v) is 14.2. The van der Waals surface area contributed by atoms with Gasteiger partial charge in [-0.25, -0.2) is 0 Å². The molecule has 1 amide bonds. The van der Waals surface area contributed by atoms with Gasteiger partial charge in [0.2, 0.25) is 5.91 Å². The first-order valence-corrected chi connectivity index (χ1v) is 9.06. The average molecular weight is 301 g/mol. The van der Waals surface area contributed by atoms with Crippen LogP contribution in [0, 0.1) is 5.92 Å². The molecule has 0 radical (unpaired) electrons. The van der Waals surface area contributed by atoms with E-state index in [1.165, 1.54) is 24.8 Å². The third kappa shape index (κ3) is 3.91. The maximum Gasteiger partial charge on any atom is 0.230 e. The Labute approximate surface area is 135 Å². The van der Waals surface area contributed by atoms with Crippen molar-refractivity contribution in [3.8, 4) is 0 Å². The Balaban J connectivity index is 2.02. The molecule has 1 aliphatic rings. The van der Waals surface area contributed by atoms with E-state index in [0.717, 1.165) is 38.6 Å². The van der Waals surface area contributed by atoms with Gasteiger partial charge in [-0.2, -0.15) is 0 Å². The molecule has 1 aromatic carbocycles. The van der Waals surface area contributed by atoms with Crippen molar-refractivity contribution < 1.29 is 4.79 Å². The molecule has 1 N–H and O–H groups in total. The molecule has 2 nitrogen and oxygen atoms in total. The lowest BCUT2D eigenvalue weighted by atomic mass is 9.78. The van der Waals surface area contributed by atoms with Crippen molar-refractivity contribution in [1.29, 1.82) is 0 Å². The van der Waals surface area contributed by atoms with Gasteiger partial charge in [0.1, 0.15) is 0 Å². The fourth-order valence-electron chi connectivity index (χ4n) is 3.73. The molecule has 0 unspecified atom stereocenters. The predicted molar refractivity (Wildman–Crippen MR) is 92.9 cm³/mol. The number of hydrogen-bond acceptors (Lipinski definition) is 1. The fraction of sp³-hybridized carbons (Fsp3) is 0.650. The summed E-state index contributed by atoms with van der Waals surface area (Å²) >= 11 is 0. The van der Waals surface area contributed by atoms with Gasteiger partial charge in [0.05, 0.1) is 5.41 Å². The summed E-state index contributed by atoms with van der Waals surface area (Å²) in [6.45, 7) is 5.30. The SMILES string of the molecule is CCCC[C@H](CC)CNC(=O)C1(c2ccccc2)CCCC1. The summed E-state index contributed by atoms with van der Waals surface area (Å²) in [5.74, 6) is 0.879. The smallest absolute Gasteiger partial charge is 0.230 e. The molecule has 1 aliphatic carbocycles. The van der Waals surface area contributed by atoms with Crippen LogP contribution in [0.5, 0.6) is 0 Å². The second-order valence-electron chi connectivity index (χ2n) is 6.78. The summed E-state index contributed by atoms with van der Waals surface area (Å²) in [4.78, 5) is 13.0. The van der Waals surface area contributed by atoms with Gasteiger partial charge >= 0.3 is 0 Å². The van der Waals surface area contributed by atoms with Crippen molar-refractivity contribution in [1.82, 2.24) is 5.32 Å². The lowest BCUT2D eigenvalue weighted by Gasteiger charge is -2.29. The van der Waals surface area contributed by atoms with Crippen molar-refractivity contribution in [2.75, 3.05) is 6.54 Å². The van der Waals surface area contributed by atoms with E-state index in [0.29, 0.717) is 5.92 Å². The van der Waals surface area contributed by atoms with E-state index >= 15 is 0 Å². The van der Waals surface area contributed by atoms with Crippen molar-refractivity contribution in [3.63, 3.8) is 0 Å². The van der Waals surface area contributed by atoms with Crippen molar-refractivity contribution in [2.45, 2.75) is 70.6 Å². The van der Waals surface area contributed by atoms with E-state index in [1.54, 1.807) is 0 Å². The lowest BCUT2D eigenvalue weighted by molar-refractivity contribution is -0.126. The summed E-state index contributed by atoms with van der Waals surface area (Å²) < 4.78 is 0. The number of unbranched alkanes of at least 4 members (excludes halogenated alkanes) is 1. The second-order valence-corrected chi connectivity index (χ2v) is 6.78. The highest BCUT2D eigenvalue weighted by atomic mass is 16.2. The Bertz CT molecular complexity index is 448. The molecule has 2 rings (SSSR count). The second kappa shape index (κ2) is 8.36. The molecular weight excluding hydrogens is 270 g/mol. The molecule has 0 heterocycles. The zero-order valence-electron chi connectivity index (χ0n) is 14.2. The molecule has 0 saturated heterocycles. The summed E-state index contributed by atoms with van der Waals surface area (Å²) in [6, 6.07) is 10.4. The Morgan fingerprint density at radius 2 is 1.86 bits per heavy atom. The number of amides is 1. The zero-order chi connectivity index (χ0) is 15.8. The first-order chi connectivity index (χ1) is 10.7. The summed E-state index contributed by atoms with van der Waals surface area (Å²) in [6.07, 6.45) is 9.19. The van der Waals surface area contributed by atoms with Crippen molar-refractivity contribution in [3.05, 3.63) is 35.9 Å². The molecule has 0 aromatic heterocycles. The molecule has 1 aromatic rings. The monoisotopic (exact) mass is 301 g/mol. The maximum atomic E-state index is 13.0. The molecular formula is C20H31NO. The van der Waals surface area contributed by atoms with Crippen LogP contribution in [0.25, 0.3) is 0 Å². The normalized spacial score (nSPS) is 18.1. The van der Waals surface area contributed by atoms with Gasteiger partial charge in [-0.3, -0.25) is 4.79 Å². The van der Waals surface area contributed by atoms with Gasteiger partial charge in [0.25, 0.3) is 0 Å². The summed E-state index contributed by atoms with van der Waals surface area (Å²) in [5.41, 5.74) is 0.927. The van der Waals surface area contributed by atoms with Crippen LogP contribution < -0.4 is 5.32 Å². The Morgan fingerprint density at radius 3 is 2.45 bits per heavy atom. The lowest BCUT2D eigenvalue weighted by Crippen LogP contribution is -2.44. The molecule has 2 heteroatoms. The highest BCUT2D eigenvalue weighted by molar-refractivity contribution is 5.88. The van der Waals surface area contributed by atoms with Crippen LogP contribution >= 0.6 is 0 Å². The minimum atomic E-state index is -0.274. The summed E-state index contributed by atoms with van der Waals surface area (Å²) in [5, 5.41) is 3.28. The Hall–Kier alpha value is -1.31. The van der Waals surface area contributed by atoms with Gasteiger partial charge < -0.3 is 5.32 Å². The number of nitrogens with one attached hydrogen (secondary N) is 1. The molecule has 122 valence electrons.